The highest BCUT2D eigenvalue weighted by atomic mass is 79.9. The van der Waals surface area contributed by atoms with Crippen LogP contribution in [0.1, 0.15) is 11.1 Å². The third kappa shape index (κ3) is 2.87. The van der Waals surface area contributed by atoms with Crippen LogP contribution in [0.4, 0.5) is 5.69 Å². The molecule has 0 bridgehead atoms. The highest BCUT2D eigenvalue weighted by molar-refractivity contribution is 9.10. The Balaban J connectivity index is 2.41. The summed E-state index contributed by atoms with van der Waals surface area (Å²) >= 11 is 3.19. The second-order valence-corrected chi connectivity index (χ2v) is 4.83. The number of benzene rings is 1. The molecule has 0 N–H and O–H groups in total. The van der Waals surface area contributed by atoms with Gasteiger partial charge in [-0.25, -0.2) is 4.68 Å². The maximum atomic E-state index is 11.7. The van der Waals surface area contributed by atoms with E-state index in [2.05, 4.69) is 21.0 Å². The lowest BCUT2D eigenvalue weighted by Crippen LogP contribution is -2.22. The number of rotatable bonds is 3. The molecule has 0 radical (unpaired) electrons. The topological polar surface area (TPSA) is 78.0 Å². The van der Waals surface area contributed by atoms with Crippen molar-refractivity contribution in [2.45, 2.75) is 13.5 Å². The van der Waals surface area contributed by atoms with Gasteiger partial charge in [0.25, 0.3) is 11.2 Å². The summed E-state index contributed by atoms with van der Waals surface area (Å²) in [5, 5.41) is 14.8. The number of nitro benzene ring substituents is 1. The molecule has 0 aliphatic rings. The number of hydrogen-bond acceptors (Lipinski definition) is 4. The minimum atomic E-state index is -0.473. The zero-order chi connectivity index (χ0) is 14.0. The average molecular weight is 324 g/mol. The van der Waals surface area contributed by atoms with E-state index in [1.165, 1.54) is 16.8 Å². The Morgan fingerprint density at radius 3 is 2.84 bits per heavy atom. The van der Waals surface area contributed by atoms with Crippen LogP contribution in [0.25, 0.3) is 0 Å². The van der Waals surface area contributed by atoms with E-state index >= 15 is 0 Å². The molecule has 0 saturated heterocycles. The first kappa shape index (κ1) is 13.4. The first-order chi connectivity index (χ1) is 8.99. The lowest BCUT2D eigenvalue weighted by Gasteiger charge is -2.07. The molecule has 0 atom stereocenters. The van der Waals surface area contributed by atoms with E-state index in [0.29, 0.717) is 10.0 Å². The van der Waals surface area contributed by atoms with Crippen LogP contribution in [0.15, 0.2) is 39.7 Å². The fourth-order valence-corrected chi connectivity index (χ4v) is 2.17. The summed E-state index contributed by atoms with van der Waals surface area (Å²) in [4.78, 5) is 22.1. The van der Waals surface area contributed by atoms with Gasteiger partial charge in [0.2, 0.25) is 0 Å². The van der Waals surface area contributed by atoms with E-state index in [-0.39, 0.29) is 17.8 Å². The number of hydrogen-bond donors (Lipinski definition) is 0. The Hall–Kier alpha value is -2.02. The molecule has 98 valence electrons. The van der Waals surface area contributed by atoms with Crippen LogP contribution in [-0.4, -0.2) is 14.7 Å². The van der Waals surface area contributed by atoms with Crippen molar-refractivity contribution >= 4 is 21.6 Å². The molecule has 1 heterocycles. The lowest BCUT2D eigenvalue weighted by molar-refractivity contribution is -0.385. The Labute approximate surface area is 117 Å². The van der Waals surface area contributed by atoms with E-state index in [1.54, 1.807) is 25.3 Å². The van der Waals surface area contributed by atoms with Gasteiger partial charge in [-0.2, -0.15) is 5.10 Å². The van der Waals surface area contributed by atoms with Gasteiger partial charge in [0.05, 0.1) is 17.7 Å². The standard InChI is InChI=1S/C12H10BrN3O3/c1-8-5-11(17)15(14-6-8)7-9-3-2-4-10(12(9)13)16(18)19/h2-6H,7H2,1H3. The van der Waals surface area contributed by atoms with Crippen molar-refractivity contribution in [3.05, 3.63) is 66.5 Å². The van der Waals surface area contributed by atoms with Crippen LogP contribution < -0.4 is 5.56 Å². The monoisotopic (exact) mass is 323 g/mol. The van der Waals surface area contributed by atoms with Crippen LogP contribution >= 0.6 is 15.9 Å². The summed E-state index contributed by atoms with van der Waals surface area (Å²) in [6.07, 6.45) is 1.58. The largest absolute Gasteiger partial charge is 0.283 e. The van der Waals surface area contributed by atoms with Crippen LogP contribution in [0.5, 0.6) is 0 Å². The molecule has 1 aromatic heterocycles. The van der Waals surface area contributed by atoms with Gasteiger partial charge in [0.1, 0.15) is 4.47 Å². The first-order valence-electron chi connectivity index (χ1n) is 5.44. The third-order valence-corrected chi connectivity index (χ3v) is 3.50. The molecule has 0 spiro atoms. The minimum absolute atomic E-state index is 0.0299. The van der Waals surface area contributed by atoms with Crippen molar-refractivity contribution in [1.82, 2.24) is 9.78 Å². The molecule has 0 amide bonds. The smallest absolute Gasteiger partial charge is 0.268 e. The zero-order valence-electron chi connectivity index (χ0n) is 10.0. The van der Waals surface area contributed by atoms with E-state index < -0.39 is 4.92 Å². The van der Waals surface area contributed by atoms with Gasteiger partial charge in [-0.15, -0.1) is 0 Å². The van der Waals surface area contributed by atoms with E-state index in [1.807, 2.05) is 0 Å². The first-order valence-corrected chi connectivity index (χ1v) is 6.24. The number of aromatic nitrogens is 2. The molecular formula is C12H10BrN3O3. The molecule has 1 aromatic carbocycles. The van der Waals surface area contributed by atoms with Crippen LogP contribution in [0.3, 0.4) is 0 Å². The Bertz CT molecular complexity index is 697. The van der Waals surface area contributed by atoms with Gasteiger partial charge in [-0.3, -0.25) is 14.9 Å². The molecule has 0 aliphatic carbocycles. The SMILES string of the molecule is Cc1cnn(Cc2cccc([N+](=O)[O-])c2Br)c(=O)c1. The molecule has 0 aliphatic heterocycles. The number of nitro groups is 1. The van der Waals surface area contributed by atoms with Gasteiger partial charge >= 0.3 is 0 Å². The summed E-state index contributed by atoms with van der Waals surface area (Å²) in [6.45, 7) is 1.96. The number of aryl methyl sites for hydroxylation is 1. The fourth-order valence-electron chi connectivity index (χ4n) is 1.63. The normalized spacial score (nSPS) is 10.4. The molecule has 0 unspecified atom stereocenters. The number of halogens is 1. The van der Waals surface area contributed by atoms with Gasteiger partial charge in [-0.1, -0.05) is 12.1 Å². The van der Waals surface area contributed by atoms with Crippen molar-refractivity contribution in [3.8, 4) is 0 Å². The summed E-state index contributed by atoms with van der Waals surface area (Å²) < 4.78 is 1.63. The fraction of sp³-hybridized carbons (Fsp3) is 0.167. The van der Waals surface area contributed by atoms with E-state index in [0.717, 1.165) is 5.56 Å². The summed E-state index contributed by atoms with van der Waals surface area (Å²) in [5.74, 6) is 0. The summed E-state index contributed by atoms with van der Waals surface area (Å²) in [7, 11) is 0. The average Bonchev–Trinajstić information content (AvgIpc) is 2.34. The quantitative estimate of drug-likeness (QED) is 0.641. The highest BCUT2D eigenvalue weighted by Crippen LogP contribution is 2.28. The Morgan fingerprint density at radius 1 is 1.47 bits per heavy atom. The maximum absolute atomic E-state index is 11.7. The summed E-state index contributed by atoms with van der Waals surface area (Å²) in [5.41, 5.74) is 1.14. The lowest BCUT2D eigenvalue weighted by atomic mass is 10.2. The third-order valence-electron chi connectivity index (χ3n) is 2.58. The molecule has 0 saturated carbocycles. The molecule has 2 aromatic rings. The molecule has 7 heteroatoms. The Kier molecular flexibility index (Phi) is 3.75. The highest BCUT2D eigenvalue weighted by Gasteiger charge is 2.15. The molecule has 0 fully saturated rings. The van der Waals surface area contributed by atoms with Crippen molar-refractivity contribution in [1.29, 1.82) is 0 Å². The predicted molar refractivity (Wildman–Crippen MR) is 73.1 cm³/mol. The molecular weight excluding hydrogens is 314 g/mol. The van der Waals surface area contributed by atoms with Crippen LogP contribution in [0, 0.1) is 17.0 Å². The van der Waals surface area contributed by atoms with E-state index in [9.17, 15) is 14.9 Å². The van der Waals surface area contributed by atoms with Crippen LogP contribution in [-0.2, 0) is 6.54 Å². The van der Waals surface area contributed by atoms with Crippen molar-refractivity contribution in [2.24, 2.45) is 0 Å². The predicted octanol–water partition coefficient (Wildman–Crippen LogP) is 2.27. The minimum Gasteiger partial charge on any atom is -0.268 e. The molecule has 6 nitrogen and oxygen atoms in total. The zero-order valence-corrected chi connectivity index (χ0v) is 11.6. The van der Waals surface area contributed by atoms with Gasteiger partial charge in [-0.05, 0) is 34.0 Å². The van der Waals surface area contributed by atoms with Crippen molar-refractivity contribution in [2.75, 3.05) is 0 Å². The second-order valence-electron chi connectivity index (χ2n) is 4.04. The van der Waals surface area contributed by atoms with Gasteiger partial charge < -0.3 is 0 Å². The van der Waals surface area contributed by atoms with Gasteiger partial charge in [0.15, 0.2) is 0 Å². The second kappa shape index (κ2) is 5.31. The van der Waals surface area contributed by atoms with Crippen molar-refractivity contribution in [3.63, 3.8) is 0 Å². The molecule has 19 heavy (non-hydrogen) atoms. The van der Waals surface area contributed by atoms with Crippen molar-refractivity contribution < 1.29 is 4.92 Å². The summed E-state index contributed by atoms with van der Waals surface area (Å²) in [6, 6.07) is 6.17. The Morgan fingerprint density at radius 2 is 2.21 bits per heavy atom. The molecule has 2 rings (SSSR count). The van der Waals surface area contributed by atoms with E-state index in [4.69, 9.17) is 0 Å². The number of nitrogens with zero attached hydrogens (tertiary/aromatic N) is 3. The van der Waals surface area contributed by atoms with Gasteiger partial charge in [0, 0.05) is 12.1 Å². The van der Waals surface area contributed by atoms with Crippen LogP contribution in [0.2, 0.25) is 0 Å². The maximum Gasteiger partial charge on any atom is 0.283 e.